The highest BCUT2D eigenvalue weighted by molar-refractivity contribution is 8.18. The molecule has 1 amide bonds. The Morgan fingerprint density at radius 1 is 1.00 bits per heavy atom. The van der Waals surface area contributed by atoms with Crippen LogP contribution < -0.4 is 14.4 Å². The summed E-state index contributed by atoms with van der Waals surface area (Å²) in [5.74, 6) is 0.944. The molecule has 0 saturated carbocycles. The Hall–Kier alpha value is -3.00. The van der Waals surface area contributed by atoms with Crippen LogP contribution in [0.3, 0.4) is 0 Å². The first kappa shape index (κ1) is 18.1. The van der Waals surface area contributed by atoms with Crippen LogP contribution in [0.25, 0.3) is 6.08 Å². The fourth-order valence-corrected chi connectivity index (χ4v) is 4.50. The number of ether oxygens (including phenoxy) is 2. The minimum Gasteiger partial charge on any atom is -0.454 e. The number of benzene rings is 2. The molecule has 0 spiro atoms. The van der Waals surface area contributed by atoms with Gasteiger partial charge in [0.05, 0.1) is 10.6 Å². The first-order chi connectivity index (χ1) is 14.2. The largest absolute Gasteiger partial charge is 0.454 e. The summed E-state index contributed by atoms with van der Waals surface area (Å²) in [5.41, 5.74) is 1.48. The number of rotatable bonds is 2. The summed E-state index contributed by atoms with van der Waals surface area (Å²) in [6.07, 6.45) is 1.82. The Morgan fingerprint density at radius 3 is 2.59 bits per heavy atom. The molecular weight excluding hydrogens is 393 g/mol. The number of hydrogen-bond donors (Lipinski definition) is 0. The van der Waals surface area contributed by atoms with Crippen LogP contribution in [0.4, 0.5) is 10.1 Å². The van der Waals surface area contributed by atoms with Crippen molar-refractivity contribution in [3.8, 4) is 11.5 Å². The van der Waals surface area contributed by atoms with E-state index in [1.54, 1.807) is 12.1 Å². The monoisotopic (exact) mass is 411 g/mol. The van der Waals surface area contributed by atoms with Crippen molar-refractivity contribution >= 4 is 34.6 Å². The Bertz CT molecular complexity index is 1030. The van der Waals surface area contributed by atoms with Crippen molar-refractivity contribution in [1.29, 1.82) is 0 Å². The number of amides is 1. The molecule has 0 radical (unpaired) electrons. The third-order valence-corrected chi connectivity index (χ3v) is 6.09. The predicted molar refractivity (Wildman–Crippen MR) is 111 cm³/mol. The number of nitrogens with zero attached hydrogens (tertiary/aromatic N) is 3. The standard InChI is InChI=1S/C21H18FN3O3S/c22-15-3-1-2-4-16(15)24-7-9-25(10-8-24)21-23-20(26)19(29-21)12-14-5-6-17-18(11-14)28-13-27-17/h1-6,11-12H,7-10,13H2. The van der Waals surface area contributed by atoms with E-state index in [0.717, 1.165) is 5.56 Å². The van der Waals surface area contributed by atoms with Gasteiger partial charge in [0, 0.05) is 26.2 Å². The van der Waals surface area contributed by atoms with E-state index >= 15 is 0 Å². The van der Waals surface area contributed by atoms with Crippen LogP contribution >= 0.6 is 11.8 Å². The van der Waals surface area contributed by atoms with Crippen molar-refractivity contribution in [2.75, 3.05) is 37.9 Å². The summed E-state index contributed by atoms with van der Waals surface area (Å²) < 4.78 is 24.7. The fraction of sp³-hybridized carbons (Fsp3) is 0.238. The van der Waals surface area contributed by atoms with Gasteiger partial charge in [0.1, 0.15) is 5.82 Å². The maximum absolute atomic E-state index is 14.0. The molecule has 29 heavy (non-hydrogen) atoms. The van der Waals surface area contributed by atoms with E-state index in [1.165, 1.54) is 17.8 Å². The Balaban J connectivity index is 1.25. The van der Waals surface area contributed by atoms with Crippen molar-refractivity contribution in [3.63, 3.8) is 0 Å². The zero-order valence-electron chi connectivity index (χ0n) is 15.5. The van der Waals surface area contributed by atoms with E-state index in [-0.39, 0.29) is 18.5 Å². The van der Waals surface area contributed by atoms with Crippen LogP contribution in [0.15, 0.2) is 52.4 Å². The quantitative estimate of drug-likeness (QED) is 0.707. The fourth-order valence-electron chi connectivity index (χ4n) is 3.53. The van der Waals surface area contributed by atoms with Crippen LogP contribution in [0.2, 0.25) is 0 Å². The Morgan fingerprint density at radius 2 is 1.76 bits per heavy atom. The van der Waals surface area contributed by atoms with Gasteiger partial charge in [-0.25, -0.2) is 4.39 Å². The first-order valence-corrected chi connectivity index (χ1v) is 10.2. The van der Waals surface area contributed by atoms with Crippen molar-refractivity contribution in [2.45, 2.75) is 0 Å². The lowest BCUT2D eigenvalue weighted by Gasteiger charge is -2.36. The number of anilines is 1. The number of carbonyl (C=O) groups is 1. The summed E-state index contributed by atoms with van der Waals surface area (Å²) in [6.45, 7) is 2.94. The van der Waals surface area contributed by atoms with Gasteiger partial charge in [0.25, 0.3) is 5.91 Å². The lowest BCUT2D eigenvalue weighted by molar-refractivity contribution is -0.113. The van der Waals surface area contributed by atoms with Gasteiger partial charge in [0.2, 0.25) is 6.79 Å². The Kier molecular flexibility index (Phi) is 4.63. The molecule has 2 aromatic rings. The zero-order chi connectivity index (χ0) is 19.8. The summed E-state index contributed by atoms with van der Waals surface area (Å²) >= 11 is 1.38. The van der Waals surface area contributed by atoms with E-state index in [2.05, 4.69) is 9.89 Å². The van der Waals surface area contributed by atoms with Crippen LogP contribution in [-0.2, 0) is 4.79 Å². The molecule has 1 saturated heterocycles. The molecule has 6 nitrogen and oxygen atoms in total. The van der Waals surface area contributed by atoms with Crippen LogP contribution in [0, 0.1) is 5.82 Å². The summed E-state index contributed by atoms with van der Waals surface area (Å²) in [4.78, 5) is 21.3. The van der Waals surface area contributed by atoms with Crippen molar-refractivity contribution in [1.82, 2.24) is 4.90 Å². The van der Waals surface area contributed by atoms with Crippen LogP contribution in [0.5, 0.6) is 11.5 Å². The minimum atomic E-state index is -0.237. The van der Waals surface area contributed by atoms with Crippen LogP contribution in [0.1, 0.15) is 5.56 Å². The summed E-state index contributed by atoms with van der Waals surface area (Å²) in [6, 6.07) is 12.4. The maximum Gasteiger partial charge on any atom is 0.286 e. The number of piperazine rings is 1. The normalized spacial score (nSPS) is 19.8. The highest BCUT2D eigenvalue weighted by Crippen LogP contribution is 2.35. The van der Waals surface area contributed by atoms with Crippen LogP contribution in [-0.4, -0.2) is 48.9 Å². The second-order valence-electron chi connectivity index (χ2n) is 6.85. The molecule has 8 heteroatoms. The van der Waals surface area contributed by atoms with Crippen molar-refractivity contribution in [3.05, 3.63) is 58.8 Å². The minimum absolute atomic E-state index is 0.211. The molecule has 148 valence electrons. The number of hydrogen-bond acceptors (Lipinski definition) is 6. The first-order valence-electron chi connectivity index (χ1n) is 9.34. The average molecular weight is 411 g/mol. The van der Waals surface area contributed by atoms with E-state index < -0.39 is 0 Å². The highest BCUT2D eigenvalue weighted by atomic mass is 32.2. The molecule has 3 aliphatic heterocycles. The molecule has 3 heterocycles. The van der Waals surface area contributed by atoms with Crippen molar-refractivity contribution in [2.24, 2.45) is 4.99 Å². The second kappa shape index (κ2) is 7.44. The number of thioether (sulfide) groups is 1. The summed E-state index contributed by atoms with van der Waals surface area (Å²) in [5, 5.41) is 0.704. The number of para-hydroxylation sites is 1. The van der Waals surface area contributed by atoms with E-state index in [4.69, 9.17) is 9.47 Å². The molecular formula is C21H18FN3O3S. The lowest BCUT2D eigenvalue weighted by atomic mass is 10.2. The molecule has 0 bridgehead atoms. The lowest BCUT2D eigenvalue weighted by Crippen LogP contribution is -2.48. The summed E-state index contributed by atoms with van der Waals surface area (Å²) in [7, 11) is 0. The van der Waals surface area contributed by atoms with Gasteiger partial charge in [-0.05, 0) is 47.7 Å². The maximum atomic E-state index is 14.0. The highest BCUT2D eigenvalue weighted by Gasteiger charge is 2.29. The van der Waals surface area contributed by atoms with E-state index in [9.17, 15) is 9.18 Å². The van der Waals surface area contributed by atoms with Crippen molar-refractivity contribution < 1.29 is 18.7 Å². The molecule has 5 rings (SSSR count). The molecule has 0 N–H and O–H groups in total. The van der Waals surface area contributed by atoms with E-state index in [1.807, 2.05) is 35.2 Å². The van der Waals surface area contributed by atoms with Gasteiger partial charge in [-0.2, -0.15) is 4.99 Å². The molecule has 0 atom stereocenters. The third kappa shape index (κ3) is 3.55. The molecule has 1 fully saturated rings. The Labute approximate surface area is 171 Å². The number of halogens is 1. The smallest absolute Gasteiger partial charge is 0.286 e. The second-order valence-corrected chi connectivity index (χ2v) is 7.86. The van der Waals surface area contributed by atoms with Gasteiger partial charge >= 0.3 is 0 Å². The van der Waals surface area contributed by atoms with Gasteiger partial charge in [-0.1, -0.05) is 18.2 Å². The molecule has 0 unspecified atom stereocenters. The number of aliphatic imine (C=N–C) groups is 1. The SMILES string of the molecule is O=C1N=C(N2CCN(c3ccccc3F)CC2)SC1=Cc1ccc2c(c1)OCO2. The molecule has 0 aliphatic carbocycles. The van der Waals surface area contributed by atoms with Gasteiger partial charge in [0.15, 0.2) is 16.7 Å². The molecule has 3 aliphatic rings. The molecule has 2 aromatic carbocycles. The van der Waals surface area contributed by atoms with Gasteiger partial charge < -0.3 is 19.3 Å². The average Bonchev–Trinajstić information content (AvgIpc) is 3.35. The predicted octanol–water partition coefficient (Wildman–Crippen LogP) is 3.35. The number of carbonyl (C=O) groups excluding carboxylic acids is 1. The zero-order valence-corrected chi connectivity index (χ0v) is 16.3. The van der Waals surface area contributed by atoms with Gasteiger partial charge in [-0.3, -0.25) is 4.79 Å². The number of fused-ring (bicyclic) bond motifs is 1. The molecule has 0 aromatic heterocycles. The third-order valence-electron chi connectivity index (χ3n) is 5.05. The van der Waals surface area contributed by atoms with Gasteiger partial charge in [-0.15, -0.1) is 0 Å². The number of amidine groups is 1. The van der Waals surface area contributed by atoms with E-state index in [0.29, 0.717) is 53.4 Å². The topological polar surface area (TPSA) is 54.4 Å².